The second-order valence-corrected chi connectivity index (χ2v) is 13.0. The fourth-order valence-electron chi connectivity index (χ4n) is 7.63. The zero-order chi connectivity index (χ0) is 32.8. The van der Waals surface area contributed by atoms with E-state index in [1.807, 2.05) is 30.3 Å². The van der Waals surface area contributed by atoms with Gasteiger partial charge in [0, 0.05) is 6.42 Å². The van der Waals surface area contributed by atoms with Gasteiger partial charge in [-0.25, -0.2) is 0 Å². The van der Waals surface area contributed by atoms with Crippen LogP contribution in [0.2, 0.25) is 0 Å². The van der Waals surface area contributed by atoms with Crippen LogP contribution in [0.3, 0.4) is 0 Å². The zero-order valence-corrected chi connectivity index (χ0v) is 27.3. The van der Waals surface area contributed by atoms with Gasteiger partial charge in [0.05, 0.1) is 5.41 Å². The summed E-state index contributed by atoms with van der Waals surface area (Å²) in [5.41, 5.74) is 8.38. The van der Waals surface area contributed by atoms with E-state index in [9.17, 15) is 0 Å². The molecule has 0 fully saturated rings. The van der Waals surface area contributed by atoms with Gasteiger partial charge >= 0.3 is 0 Å². The summed E-state index contributed by atoms with van der Waals surface area (Å²) < 4.78 is 12.5. The van der Waals surface area contributed by atoms with Crippen LogP contribution in [0.25, 0.3) is 32.7 Å². The third kappa shape index (κ3) is 5.05. The van der Waals surface area contributed by atoms with Gasteiger partial charge in [-0.2, -0.15) is 0 Å². The molecule has 2 aliphatic carbocycles. The number of benzene rings is 7. The number of rotatable bonds is 6. The van der Waals surface area contributed by atoms with Crippen LogP contribution in [-0.2, 0) is 5.41 Å². The summed E-state index contributed by atoms with van der Waals surface area (Å²) in [6.07, 6.45) is 9.24. The first-order valence-electron chi connectivity index (χ1n) is 16.9. The van der Waals surface area contributed by atoms with Gasteiger partial charge in [0.15, 0.2) is 0 Å². The highest BCUT2D eigenvalue weighted by Crippen LogP contribution is 2.56. The summed E-state index contributed by atoms with van der Waals surface area (Å²) in [5, 5.41) is 4.65. The Hall–Kier alpha value is -6.12. The minimum absolute atomic E-state index is 0.494. The summed E-state index contributed by atoms with van der Waals surface area (Å²) in [4.78, 5) is 0. The lowest BCUT2D eigenvalue weighted by Crippen LogP contribution is -2.28. The SMILES string of the molecule is CC1=CC=C(Oc2ccc3cc(C4(c5ccc6cc(Oc7ccccc7)ccc6c5)c5ccccc5-c5ccccc54)ccc3c2)CC=C1. The lowest BCUT2D eigenvalue weighted by atomic mass is 9.67. The van der Waals surface area contributed by atoms with Gasteiger partial charge in [0.2, 0.25) is 0 Å². The highest BCUT2D eigenvalue weighted by molar-refractivity contribution is 5.92. The number of fused-ring (bicyclic) bond motifs is 5. The average Bonchev–Trinajstić information content (AvgIpc) is 3.29. The molecule has 2 heteroatoms. The fraction of sp³-hybridized carbons (Fsp3) is 0.0638. The first-order valence-corrected chi connectivity index (χ1v) is 16.9. The minimum Gasteiger partial charge on any atom is -0.461 e. The van der Waals surface area contributed by atoms with E-state index in [2.05, 4.69) is 153 Å². The lowest BCUT2D eigenvalue weighted by molar-refractivity contribution is 0.417. The molecule has 2 nitrogen and oxygen atoms in total. The van der Waals surface area contributed by atoms with Crippen LogP contribution in [0, 0.1) is 0 Å². The summed E-state index contributed by atoms with van der Waals surface area (Å²) in [5.74, 6) is 3.45. The number of allylic oxidation sites excluding steroid dienone is 5. The standard InChI is InChI=1S/C47H34O2/c1-32-10-9-13-40(25-18-32)49-42-27-22-34-29-38(24-20-36(34)31-42)47(45-16-7-5-14-43(45)44-15-6-8-17-46(44)47)37-23-19-35-30-41(26-21-33(35)28-37)48-39-11-3-2-4-12-39/h2-12,14-31H,13H2,1H3. The summed E-state index contributed by atoms with van der Waals surface area (Å²) in [7, 11) is 0. The molecule has 0 bridgehead atoms. The van der Waals surface area contributed by atoms with Gasteiger partial charge in [-0.15, -0.1) is 0 Å². The van der Waals surface area contributed by atoms with Crippen LogP contribution in [0.1, 0.15) is 35.6 Å². The van der Waals surface area contributed by atoms with Crippen LogP contribution in [-0.4, -0.2) is 0 Å². The van der Waals surface area contributed by atoms with Crippen LogP contribution in [0.5, 0.6) is 17.2 Å². The molecule has 2 aliphatic rings. The predicted molar refractivity (Wildman–Crippen MR) is 201 cm³/mol. The van der Waals surface area contributed by atoms with Crippen LogP contribution >= 0.6 is 0 Å². The molecule has 49 heavy (non-hydrogen) atoms. The van der Waals surface area contributed by atoms with Crippen molar-refractivity contribution < 1.29 is 9.47 Å². The normalized spacial score (nSPS) is 14.5. The third-order valence-electron chi connectivity index (χ3n) is 9.90. The molecule has 7 aromatic rings. The molecule has 0 saturated carbocycles. The molecule has 234 valence electrons. The summed E-state index contributed by atoms with van der Waals surface area (Å²) in [6, 6.07) is 54.4. The first kappa shape index (κ1) is 29.1. The van der Waals surface area contributed by atoms with Crippen molar-refractivity contribution in [2.45, 2.75) is 18.8 Å². The molecule has 0 N–H and O–H groups in total. The van der Waals surface area contributed by atoms with Crippen molar-refractivity contribution in [1.29, 1.82) is 0 Å². The molecule has 0 aromatic heterocycles. The van der Waals surface area contributed by atoms with Crippen molar-refractivity contribution in [1.82, 2.24) is 0 Å². The van der Waals surface area contributed by atoms with E-state index < -0.39 is 5.41 Å². The topological polar surface area (TPSA) is 18.5 Å². The maximum Gasteiger partial charge on any atom is 0.128 e. The quantitative estimate of drug-likeness (QED) is 0.182. The molecule has 0 saturated heterocycles. The van der Waals surface area contributed by atoms with Crippen molar-refractivity contribution in [2.24, 2.45) is 0 Å². The molecule has 0 amide bonds. The number of hydrogen-bond acceptors (Lipinski definition) is 2. The smallest absolute Gasteiger partial charge is 0.128 e. The van der Waals surface area contributed by atoms with Crippen molar-refractivity contribution >= 4 is 21.5 Å². The Morgan fingerprint density at radius 3 is 1.63 bits per heavy atom. The van der Waals surface area contributed by atoms with Crippen molar-refractivity contribution in [3.63, 3.8) is 0 Å². The van der Waals surface area contributed by atoms with Crippen molar-refractivity contribution in [3.8, 4) is 28.4 Å². The predicted octanol–water partition coefficient (Wildman–Crippen LogP) is 12.3. The summed E-state index contributed by atoms with van der Waals surface area (Å²) >= 11 is 0. The summed E-state index contributed by atoms with van der Waals surface area (Å²) in [6.45, 7) is 2.10. The first-order chi connectivity index (χ1) is 24.1. The second kappa shape index (κ2) is 11.8. The van der Waals surface area contributed by atoms with E-state index in [-0.39, 0.29) is 0 Å². The maximum atomic E-state index is 6.34. The van der Waals surface area contributed by atoms with Gasteiger partial charge < -0.3 is 9.47 Å². The number of para-hydroxylation sites is 1. The molecule has 0 atom stereocenters. The molecule has 0 heterocycles. The average molecular weight is 631 g/mol. The van der Waals surface area contributed by atoms with Crippen LogP contribution in [0.4, 0.5) is 0 Å². The Morgan fingerprint density at radius 2 is 1.00 bits per heavy atom. The largest absolute Gasteiger partial charge is 0.461 e. The fourth-order valence-corrected chi connectivity index (χ4v) is 7.63. The Balaban J connectivity index is 1.18. The van der Waals surface area contributed by atoms with Gasteiger partial charge in [0.25, 0.3) is 0 Å². The zero-order valence-electron chi connectivity index (χ0n) is 27.3. The Kier molecular flexibility index (Phi) is 7.02. The molecule has 0 aliphatic heterocycles. The van der Waals surface area contributed by atoms with E-state index >= 15 is 0 Å². The second-order valence-electron chi connectivity index (χ2n) is 13.0. The number of ether oxygens (including phenoxy) is 2. The lowest BCUT2D eigenvalue weighted by Gasteiger charge is -2.34. The third-order valence-corrected chi connectivity index (χ3v) is 9.90. The van der Waals surface area contributed by atoms with E-state index in [0.29, 0.717) is 0 Å². The van der Waals surface area contributed by atoms with E-state index in [1.54, 1.807) is 0 Å². The highest BCUT2D eigenvalue weighted by atomic mass is 16.5. The van der Waals surface area contributed by atoms with Crippen molar-refractivity contribution in [3.05, 3.63) is 210 Å². The monoisotopic (exact) mass is 630 g/mol. The maximum absolute atomic E-state index is 6.34. The molecule has 9 rings (SSSR count). The van der Waals surface area contributed by atoms with Crippen molar-refractivity contribution in [2.75, 3.05) is 0 Å². The Bertz CT molecular complexity index is 2440. The minimum atomic E-state index is -0.494. The van der Waals surface area contributed by atoms with E-state index in [1.165, 1.54) is 49.7 Å². The van der Waals surface area contributed by atoms with Gasteiger partial charge in [-0.3, -0.25) is 0 Å². The van der Waals surface area contributed by atoms with Gasteiger partial charge in [-0.1, -0.05) is 127 Å². The molecule has 0 spiro atoms. The van der Waals surface area contributed by atoms with Crippen LogP contribution in [0.15, 0.2) is 187 Å². The Labute approximate surface area is 286 Å². The van der Waals surface area contributed by atoms with Gasteiger partial charge in [0.1, 0.15) is 23.0 Å². The highest BCUT2D eigenvalue weighted by Gasteiger charge is 2.46. The number of hydrogen-bond donors (Lipinski definition) is 0. The molecular formula is C47H34O2. The molecule has 0 radical (unpaired) electrons. The van der Waals surface area contributed by atoms with Crippen LogP contribution < -0.4 is 9.47 Å². The van der Waals surface area contributed by atoms with Gasteiger partial charge in [-0.05, 0) is 116 Å². The molecule has 0 unspecified atom stereocenters. The molecular weight excluding hydrogens is 597 g/mol. The van der Waals surface area contributed by atoms with E-state index in [0.717, 1.165) is 40.2 Å². The Morgan fingerprint density at radius 1 is 0.469 bits per heavy atom. The molecule has 7 aromatic carbocycles. The van der Waals surface area contributed by atoms with E-state index in [4.69, 9.17) is 9.47 Å².